The van der Waals surface area contributed by atoms with Crippen molar-refractivity contribution in [3.05, 3.63) is 74.8 Å². The lowest BCUT2D eigenvalue weighted by atomic mass is 10.1. The number of H-pyrrole nitrogens is 1. The van der Waals surface area contributed by atoms with Crippen molar-refractivity contribution in [2.45, 2.75) is 0 Å². The van der Waals surface area contributed by atoms with E-state index >= 15 is 0 Å². The molecule has 6 nitrogen and oxygen atoms in total. The largest absolute Gasteiger partial charge is 0.465 e. The number of benzene rings is 2. The highest BCUT2D eigenvalue weighted by Gasteiger charge is 2.05. The number of rotatable bonds is 3. The van der Waals surface area contributed by atoms with E-state index in [-0.39, 0.29) is 10.3 Å². The van der Waals surface area contributed by atoms with E-state index in [4.69, 9.17) is 12.2 Å². The van der Waals surface area contributed by atoms with Gasteiger partial charge in [0.05, 0.1) is 29.8 Å². The Balaban J connectivity index is 1.98. The van der Waals surface area contributed by atoms with Crippen LogP contribution in [0.3, 0.4) is 0 Å². The smallest absolute Gasteiger partial charge is 0.337 e. The summed E-state index contributed by atoms with van der Waals surface area (Å²) in [5.41, 5.74) is 1.53. The number of ether oxygens (including phenoxy) is 1. The topological polar surface area (TPSA) is 76.4 Å². The lowest BCUT2D eigenvalue weighted by molar-refractivity contribution is 0.0600. The molecular weight excluding hydrogens is 326 g/mol. The highest BCUT2D eigenvalue weighted by Crippen LogP contribution is 2.07. The molecule has 1 heterocycles. The first-order chi connectivity index (χ1) is 11.6. The molecule has 2 aromatic carbocycles. The zero-order chi connectivity index (χ0) is 17.1. The number of methoxy groups -OCH3 is 1. The second-order valence-corrected chi connectivity index (χ2v) is 5.34. The molecule has 0 amide bonds. The highest BCUT2D eigenvalue weighted by atomic mass is 32.1. The highest BCUT2D eigenvalue weighted by molar-refractivity contribution is 7.71. The molecule has 24 heavy (non-hydrogen) atoms. The molecule has 0 aliphatic carbocycles. The van der Waals surface area contributed by atoms with Gasteiger partial charge in [-0.25, -0.2) is 4.79 Å². The van der Waals surface area contributed by atoms with Crippen molar-refractivity contribution in [1.82, 2.24) is 9.66 Å². The van der Waals surface area contributed by atoms with Gasteiger partial charge in [0, 0.05) is 0 Å². The summed E-state index contributed by atoms with van der Waals surface area (Å²) in [6.45, 7) is 0. The molecular formula is C17H13N3O3S. The number of hydrogen-bond acceptors (Lipinski definition) is 5. The van der Waals surface area contributed by atoms with Gasteiger partial charge < -0.3 is 9.72 Å². The molecule has 0 radical (unpaired) electrons. The maximum absolute atomic E-state index is 12.5. The first-order valence-corrected chi connectivity index (χ1v) is 7.48. The van der Waals surface area contributed by atoms with E-state index < -0.39 is 5.97 Å². The van der Waals surface area contributed by atoms with E-state index in [9.17, 15) is 9.59 Å². The summed E-state index contributed by atoms with van der Waals surface area (Å²) in [5, 5.41) is 4.65. The van der Waals surface area contributed by atoms with Crippen molar-refractivity contribution in [1.29, 1.82) is 0 Å². The molecule has 7 heteroatoms. The van der Waals surface area contributed by atoms with E-state index in [2.05, 4.69) is 14.8 Å². The average Bonchev–Trinajstić information content (AvgIpc) is 2.61. The lowest BCUT2D eigenvalue weighted by Gasteiger charge is -2.02. The fourth-order valence-corrected chi connectivity index (χ4v) is 2.45. The summed E-state index contributed by atoms with van der Waals surface area (Å²) in [6, 6.07) is 13.7. The Morgan fingerprint density at radius 1 is 1.21 bits per heavy atom. The molecule has 120 valence electrons. The van der Waals surface area contributed by atoms with Crippen LogP contribution >= 0.6 is 12.2 Å². The van der Waals surface area contributed by atoms with E-state index in [0.717, 1.165) is 10.2 Å². The molecule has 0 saturated carbocycles. The number of hydrogen-bond donors (Lipinski definition) is 1. The van der Waals surface area contributed by atoms with Gasteiger partial charge in [0.25, 0.3) is 5.56 Å². The SMILES string of the molecule is COC(=O)c1ccc(/C=N\n2c(=S)[nH]c3ccccc3c2=O)cc1. The third kappa shape index (κ3) is 3.02. The molecule has 0 saturated heterocycles. The van der Waals surface area contributed by atoms with E-state index in [1.807, 2.05) is 6.07 Å². The van der Waals surface area contributed by atoms with Crippen LogP contribution in [0.25, 0.3) is 10.9 Å². The summed E-state index contributed by atoms with van der Waals surface area (Å²) in [5.74, 6) is -0.410. The van der Waals surface area contributed by atoms with Crippen LogP contribution in [0.4, 0.5) is 0 Å². The Morgan fingerprint density at radius 2 is 1.92 bits per heavy atom. The number of para-hydroxylation sites is 1. The molecule has 1 N–H and O–H groups in total. The van der Waals surface area contributed by atoms with Crippen LogP contribution < -0.4 is 5.56 Å². The normalized spacial score (nSPS) is 11.0. The summed E-state index contributed by atoms with van der Waals surface area (Å²) in [6.07, 6.45) is 1.50. The Bertz CT molecular complexity index is 1050. The lowest BCUT2D eigenvalue weighted by Crippen LogP contribution is -2.18. The first kappa shape index (κ1) is 15.8. The van der Waals surface area contributed by atoms with Gasteiger partial charge in [0.1, 0.15) is 0 Å². The Morgan fingerprint density at radius 3 is 2.62 bits per heavy atom. The van der Waals surface area contributed by atoms with Crippen molar-refractivity contribution in [2.24, 2.45) is 5.10 Å². The van der Waals surface area contributed by atoms with E-state index in [1.165, 1.54) is 13.3 Å². The maximum atomic E-state index is 12.5. The van der Waals surface area contributed by atoms with Gasteiger partial charge in [0.15, 0.2) is 0 Å². The minimum Gasteiger partial charge on any atom is -0.465 e. The summed E-state index contributed by atoms with van der Waals surface area (Å²) < 4.78 is 5.98. The number of carbonyl (C=O) groups excluding carboxylic acids is 1. The second kappa shape index (κ2) is 6.59. The molecule has 1 aromatic heterocycles. The van der Waals surface area contributed by atoms with Crippen molar-refractivity contribution in [3.63, 3.8) is 0 Å². The van der Waals surface area contributed by atoms with Gasteiger partial charge >= 0.3 is 5.97 Å². The van der Waals surface area contributed by atoms with Crippen LogP contribution in [0.15, 0.2) is 58.4 Å². The predicted molar refractivity (Wildman–Crippen MR) is 94.2 cm³/mol. The summed E-state index contributed by atoms with van der Waals surface area (Å²) in [7, 11) is 1.32. The van der Waals surface area contributed by atoms with Crippen LogP contribution in [0.5, 0.6) is 0 Å². The Kier molecular flexibility index (Phi) is 4.35. The minimum atomic E-state index is -0.410. The zero-order valence-corrected chi connectivity index (χ0v) is 13.5. The quantitative estimate of drug-likeness (QED) is 0.452. The Labute approximate surface area is 142 Å². The molecule has 0 atom stereocenters. The first-order valence-electron chi connectivity index (χ1n) is 7.07. The van der Waals surface area contributed by atoms with Crippen LogP contribution in [0.2, 0.25) is 0 Å². The molecule has 0 fully saturated rings. The number of carbonyl (C=O) groups is 1. The summed E-state index contributed by atoms with van der Waals surface area (Å²) in [4.78, 5) is 26.8. The third-order valence-corrected chi connectivity index (χ3v) is 3.71. The monoisotopic (exact) mass is 339 g/mol. The predicted octanol–water partition coefficient (Wildman–Crippen LogP) is 2.73. The van der Waals surface area contributed by atoms with Crippen molar-refractivity contribution in [2.75, 3.05) is 7.11 Å². The molecule has 0 aliphatic rings. The number of nitrogens with one attached hydrogen (secondary N) is 1. The van der Waals surface area contributed by atoms with Gasteiger partial charge in [-0.2, -0.15) is 9.78 Å². The molecule has 0 aliphatic heterocycles. The number of aromatic nitrogens is 2. The molecule has 0 unspecified atom stereocenters. The van der Waals surface area contributed by atoms with Crippen molar-refractivity contribution in [3.8, 4) is 0 Å². The number of fused-ring (bicyclic) bond motifs is 1. The number of nitrogens with zero attached hydrogens (tertiary/aromatic N) is 2. The molecule has 3 aromatic rings. The zero-order valence-electron chi connectivity index (χ0n) is 12.7. The van der Waals surface area contributed by atoms with Crippen LogP contribution in [-0.2, 0) is 4.74 Å². The fourth-order valence-electron chi connectivity index (χ4n) is 2.21. The number of aromatic amines is 1. The van der Waals surface area contributed by atoms with Crippen LogP contribution in [0.1, 0.15) is 15.9 Å². The number of esters is 1. The second-order valence-electron chi connectivity index (χ2n) is 4.95. The molecule has 0 spiro atoms. The van der Waals surface area contributed by atoms with Crippen molar-refractivity contribution >= 4 is 35.3 Å². The maximum Gasteiger partial charge on any atom is 0.337 e. The standard InChI is InChI=1S/C17H13N3O3S/c1-23-16(22)12-8-6-11(7-9-12)10-18-20-15(21)13-4-2-3-5-14(13)19-17(20)24/h2-10H,1H3,(H,19,24)/b18-10-. The molecule has 3 rings (SSSR count). The third-order valence-electron chi connectivity index (χ3n) is 3.44. The van der Waals surface area contributed by atoms with Gasteiger partial charge in [-0.05, 0) is 42.0 Å². The fraction of sp³-hybridized carbons (Fsp3) is 0.0588. The van der Waals surface area contributed by atoms with Crippen LogP contribution in [-0.4, -0.2) is 29.0 Å². The average molecular weight is 339 g/mol. The van der Waals surface area contributed by atoms with Gasteiger partial charge in [-0.3, -0.25) is 4.79 Å². The Hall–Kier alpha value is -3.06. The molecule has 0 bridgehead atoms. The van der Waals surface area contributed by atoms with Crippen molar-refractivity contribution < 1.29 is 9.53 Å². The minimum absolute atomic E-state index is 0.209. The van der Waals surface area contributed by atoms with Crippen LogP contribution in [0, 0.1) is 4.77 Å². The van der Waals surface area contributed by atoms with Gasteiger partial charge in [-0.15, -0.1) is 0 Å². The van der Waals surface area contributed by atoms with Gasteiger partial charge in [0.2, 0.25) is 4.77 Å². The van der Waals surface area contributed by atoms with E-state index in [1.54, 1.807) is 42.5 Å². The van der Waals surface area contributed by atoms with E-state index in [0.29, 0.717) is 16.5 Å². The summed E-state index contributed by atoms with van der Waals surface area (Å²) >= 11 is 5.19. The van der Waals surface area contributed by atoms with Gasteiger partial charge in [-0.1, -0.05) is 24.3 Å².